The van der Waals surface area contributed by atoms with Crippen molar-refractivity contribution < 1.29 is 8.42 Å². The van der Waals surface area contributed by atoms with Gasteiger partial charge in [0.25, 0.3) is 0 Å². The van der Waals surface area contributed by atoms with Crippen LogP contribution in [0.4, 0.5) is 0 Å². The first-order valence-corrected chi connectivity index (χ1v) is 7.25. The fraction of sp³-hybridized carbons (Fsp3) is 0.500. The molecule has 1 aliphatic heterocycles. The Bertz CT molecular complexity index is 524. The highest BCUT2D eigenvalue weighted by Crippen LogP contribution is 2.38. The van der Waals surface area contributed by atoms with E-state index in [1.54, 1.807) is 6.92 Å². The molecule has 86 valence electrons. The first kappa shape index (κ1) is 10.3. The number of sulfone groups is 1. The average Bonchev–Trinajstić information content (AvgIpc) is 2.64. The van der Waals surface area contributed by atoms with Crippen LogP contribution in [0.25, 0.3) is 0 Å². The summed E-state index contributed by atoms with van der Waals surface area (Å²) in [7, 11) is -2.97. The lowest BCUT2D eigenvalue weighted by Gasteiger charge is -2.31. The monoisotopic (exact) mass is 237 g/mol. The summed E-state index contributed by atoms with van der Waals surface area (Å²) in [5.74, 6) is 0. The topological polar surface area (TPSA) is 46.2 Å². The lowest BCUT2D eigenvalue weighted by Crippen LogP contribution is -2.49. The minimum absolute atomic E-state index is 0.0115. The molecule has 0 aromatic heterocycles. The fourth-order valence-corrected chi connectivity index (χ4v) is 4.77. The van der Waals surface area contributed by atoms with Crippen molar-refractivity contribution in [3.05, 3.63) is 35.4 Å². The van der Waals surface area contributed by atoms with Crippen molar-refractivity contribution in [1.82, 2.24) is 5.32 Å². The molecule has 16 heavy (non-hydrogen) atoms. The Labute approximate surface area is 95.8 Å². The number of fused-ring (bicyclic) bond motifs is 3. The van der Waals surface area contributed by atoms with E-state index in [1.165, 1.54) is 11.1 Å². The van der Waals surface area contributed by atoms with Crippen molar-refractivity contribution in [2.75, 3.05) is 6.54 Å². The molecule has 1 aromatic carbocycles. The van der Waals surface area contributed by atoms with Crippen LogP contribution in [0.5, 0.6) is 0 Å². The van der Waals surface area contributed by atoms with E-state index in [1.807, 2.05) is 24.3 Å². The second kappa shape index (κ2) is 3.31. The van der Waals surface area contributed by atoms with Crippen LogP contribution in [0.1, 0.15) is 24.1 Å². The summed E-state index contributed by atoms with van der Waals surface area (Å²) < 4.78 is 24.4. The molecule has 3 nitrogen and oxygen atoms in total. The standard InChI is InChI=1S/C12H15NO2S/c1-8-7-13-12-10-5-3-2-4-9(10)6-11(12)16(8,14)15/h2-5,8,11-13H,6-7H2,1H3. The Balaban J connectivity index is 2.08. The quantitative estimate of drug-likeness (QED) is 0.734. The number of hydrogen-bond donors (Lipinski definition) is 1. The fourth-order valence-electron chi connectivity index (χ4n) is 2.81. The second-order valence-electron chi connectivity index (χ2n) is 4.73. The van der Waals surface area contributed by atoms with Gasteiger partial charge in [-0.05, 0) is 24.5 Å². The van der Waals surface area contributed by atoms with Crippen molar-refractivity contribution in [2.45, 2.75) is 29.9 Å². The third-order valence-electron chi connectivity index (χ3n) is 3.79. The van der Waals surface area contributed by atoms with Gasteiger partial charge in [-0.1, -0.05) is 24.3 Å². The van der Waals surface area contributed by atoms with E-state index < -0.39 is 9.84 Å². The Morgan fingerprint density at radius 2 is 2.06 bits per heavy atom. The molecule has 0 spiro atoms. The summed E-state index contributed by atoms with van der Waals surface area (Å²) in [5.41, 5.74) is 2.35. The predicted octanol–water partition coefficient (Wildman–Crippen LogP) is 1.06. The van der Waals surface area contributed by atoms with Crippen LogP contribution in [-0.2, 0) is 16.3 Å². The van der Waals surface area contributed by atoms with Crippen molar-refractivity contribution >= 4 is 9.84 Å². The van der Waals surface area contributed by atoms with E-state index in [0.29, 0.717) is 13.0 Å². The van der Waals surface area contributed by atoms with Gasteiger partial charge in [0.2, 0.25) is 0 Å². The molecule has 1 fully saturated rings. The molecule has 3 unspecified atom stereocenters. The van der Waals surface area contributed by atoms with E-state index in [0.717, 1.165) is 0 Å². The van der Waals surface area contributed by atoms with Gasteiger partial charge in [-0.15, -0.1) is 0 Å². The highest BCUT2D eigenvalue weighted by molar-refractivity contribution is 7.92. The van der Waals surface area contributed by atoms with Crippen molar-refractivity contribution in [3.8, 4) is 0 Å². The molecular formula is C12H15NO2S. The predicted molar refractivity (Wildman–Crippen MR) is 63.1 cm³/mol. The third kappa shape index (κ3) is 1.26. The van der Waals surface area contributed by atoms with Crippen molar-refractivity contribution in [3.63, 3.8) is 0 Å². The van der Waals surface area contributed by atoms with Crippen LogP contribution in [0.15, 0.2) is 24.3 Å². The highest BCUT2D eigenvalue weighted by Gasteiger charge is 2.46. The molecule has 3 atom stereocenters. The maximum Gasteiger partial charge on any atom is 0.159 e. The molecular weight excluding hydrogens is 222 g/mol. The van der Waals surface area contributed by atoms with Crippen molar-refractivity contribution in [1.29, 1.82) is 0 Å². The van der Waals surface area contributed by atoms with Gasteiger partial charge in [-0.3, -0.25) is 0 Å². The Hall–Kier alpha value is -0.870. The van der Waals surface area contributed by atoms with E-state index in [4.69, 9.17) is 0 Å². The lowest BCUT2D eigenvalue weighted by molar-refractivity contribution is 0.464. The molecule has 0 saturated carbocycles. The number of rotatable bonds is 0. The van der Waals surface area contributed by atoms with Gasteiger partial charge >= 0.3 is 0 Å². The molecule has 3 rings (SSSR count). The van der Waals surface area contributed by atoms with Gasteiger partial charge in [0, 0.05) is 12.6 Å². The van der Waals surface area contributed by atoms with Gasteiger partial charge in [0.15, 0.2) is 9.84 Å². The zero-order valence-corrected chi connectivity index (χ0v) is 10.00. The number of hydrogen-bond acceptors (Lipinski definition) is 3. The van der Waals surface area contributed by atoms with Crippen LogP contribution >= 0.6 is 0 Å². The van der Waals surface area contributed by atoms with Gasteiger partial charge in [-0.2, -0.15) is 0 Å². The minimum Gasteiger partial charge on any atom is -0.308 e. The number of benzene rings is 1. The summed E-state index contributed by atoms with van der Waals surface area (Å²) in [6.45, 7) is 2.36. The van der Waals surface area contributed by atoms with Crippen LogP contribution in [0.3, 0.4) is 0 Å². The zero-order chi connectivity index (χ0) is 11.3. The molecule has 1 saturated heterocycles. The molecule has 1 aliphatic carbocycles. The summed E-state index contributed by atoms with van der Waals surface area (Å²) in [6, 6.07) is 8.05. The molecule has 1 aromatic rings. The SMILES string of the molecule is CC1CNC2c3ccccc3CC2S1(=O)=O. The maximum atomic E-state index is 12.2. The van der Waals surface area contributed by atoms with Crippen LogP contribution in [0.2, 0.25) is 0 Å². The van der Waals surface area contributed by atoms with E-state index in [-0.39, 0.29) is 16.5 Å². The summed E-state index contributed by atoms with van der Waals surface area (Å²) in [4.78, 5) is 0. The average molecular weight is 237 g/mol. The van der Waals surface area contributed by atoms with E-state index >= 15 is 0 Å². The smallest absolute Gasteiger partial charge is 0.159 e. The Morgan fingerprint density at radius 3 is 2.88 bits per heavy atom. The first-order valence-electron chi connectivity index (χ1n) is 5.64. The van der Waals surface area contributed by atoms with Gasteiger partial charge in [0.05, 0.1) is 10.5 Å². The summed E-state index contributed by atoms with van der Waals surface area (Å²) in [5, 5.41) is 2.85. The Kier molecular flexibility index (Phi) is 2.13. The molecule has 0 bridgehead atoms. The maximum absolute atomic E-state index is 12.2. The van der Waals surface area contributed by atoms with Gasteiger partial charge in [-0.25, -0.2) is 8.42 Å². The van der Waals surface area contributed by atoms with Crippen LogP contribution in [-0.4, -0.2) is 25.5 Å². The zero-order valence-electron chi connectivity index (χ0n) is 9.18. The molecule has 1 heterocycles. The van der Waals surface area contributed by atoms with Crippen LogP contribution in [0, 0.1) is 0 Å². The molecule has 4 heteroatoms. The van der Waals surface area contributed by atoms with E-state index in [2.05, 4.69) is 5.32 Å². The summed E-state index contributed by atoms with van der Waals surface area (Å²) >= 11 is 0. The van der Waals surface area contributed by atoms with Crippen molar-refractivity contribution in [2.24, 2.45) is 0 Å². The molecule has 0 radical (unpaired) electrons. The van der Waals surface area contributed by atoms with E-state index in [9.17, 15) is 8.42 Å². The minimum atomic E-state index is -2.97. The summed E-state index contributed by atoms with van der Waals surface area (Å²) in [6.07, 6.45) is 0.667. The van der Waals surface area contributed by atoms with Gasteiger partial charge < -0.3 is 5.32 Å². The number of nitrogens with one attached hydrogen (secondary N) is 1. The Morgan fingerprint density at radius 1 is 1.31 bits per heavy atom. The third-order valence-corrected chi connectivity index (χ3v) is 6.36. The van der Waals surface area contributed by atoms with Crippen LogP contribution < -0.4 is 5.32 Å². The largest absolute Gasteiger partial charge is 0.308 e. The highest BCUT2D eigenvalue weighted by atomic mass is 32.2. The molecule has 1 N–H and O–H groups in total. The first-order chi connectivity index (χ1) is 7.60. The second-order valence-corrected chi connectivity index (χ2v) is 7.32. The normalized spacial score (nSPS) is 35.4. The lowest BCUT2D eigenvalue weighted by atomic mass is 10.1. The molecule has 0 amide bonds. The molecule has 2 aliphatic rings. The van der Waals surface area contributed by atoms with Gasteiger partial charge in [0.1, 0.15) is 0 Å².